The van der Waals surface area contributed by atoms with E-state index in [4.69, 9.17) is 4.74 Å². The molecule has 8 heteroatoms. The Morgan fingerprint density at radius 1 is 1.38 bits per heavy atom. The molecule has 0 radical (unpaired) electrons. The number of hydrogen-bond acceptors (Lipinski definition) is 6. The lowest BCUT2D eigenvalue weighted by Gasteiger charge is -2.11. The summed E-state index contributed by atoms with van der Waals surface area (Å²) in [4.78, 5) is 27.2. The maximum atomic E-state index is 12.1. The summed E-state index contributed by atoms with van der Waals surface area (Å²) >= 11 is 0. The van der Waals surface area contributed by atoms with Crippen molar-refractivity contribution in [1.82, 2.24) is 10.3 Å². The van der Waals surface area contributed by atoms with Gasteiger partial charge in [0.25, 0.3) is 11.6 Å². The van der Waals surface area contributed by atoms with Gasteiger partial charge in [-0.2, -0.15) is 0 Å². The molecule has 1 heterocycles. The number of nitrogens with zero attached hydrogens (tertiary/aromatic N) is 2. The normalized spacial score (nSPS) is 13.1. The Hall–Kier alpha value is -3.16. The number of nitro groups is 1. The molecule has 1 fully saturated rings. The number of carbonyl (C=O) groups is 1. The van der Waals surface area contributed by atoms with Gasteiger partial charge in [-0.25, -0.2) is 4.98 Å². The highest BCUT2D eigenvalue weighted by atomic mass is 16.6. The van der Waals surface area contributed by atoms with Gasteiger partial charge in [0.15, 0.2) is 0 Å². The van der Waals surface area contributed by atoms with Crippen molar-refractivity contribution in [1.29, 1.82) is 0 Å². The van der Waals surface area contributed by atoms with Crippen LogP contribution in [0.2, 0.25) is 0 Å². The molecule has 8 nitrogen and oxygen atoms in total. The van der Waals surface area contributed by atoms with Crippen molar-refractivity contribution in [2.75, 3.05) is 11.9 Å². The van der Waals surface area contributed by atoms with Gasteiger partial charge in [0, 0.05) is 36.0 Å². The molecule has 1 aromatic carbocycles. The second-order valence-corrected chi connectivity index (χ2v) is 5.99. The quantitative estimate of drug-likeness (QED) is 0.556. The monoisotopic (exact) mass is 356 g/mol. The lowest BCUT2D eigenvalue weighted by atomic mass is 10.1. The Morgan fingerprint density at radius 2 is 2.19 bits per heavy atom. The Balaban J connectivity index is 1.76. The first-order chi connectivity index (χ1) is 12.6. The van der Waals surface area contributed by atoms with Crippen LogP contribution in [0, 0.1) is 10.1 Å². The van der Waals surface area contributed by atoms with Crippen LogP contribution in [0.4, 0.5) is 11.4 Å². The minimum absolute atomic E-state index is 0.143. The Morgan fingerprint density at radius 3 is 2.88 bits per heavy atom. The summed E-state index contributed by atoms with van der Waals surface area (Å²) in [7, 11) is 0. The summed E-state index contributed by atoms with van der Waals surface area (Å²) in [6.07, 6.45) is 3.55. The van der Waals surface area contributed by atoms with Gasteiger partial charge in [-0.3, -0.25) is 14.9 Å². The first kappa shape index (κ1) is 17.7. The maximum Gasteiger partial charge on any atom is 0.293 e. The molecule has 1 aliphatic rings. The third kappa shape index (κ3) is 4.27. The molecule has 0 spiro atoms. The van der Waals surface area contributed by atoms with E-state index in [0.717, 1.165) is 18.4 Å². The molecular formula is C18H20N4O4. The number of ether oxygens (including phenoxy) is 1. The van der Waals surface area contributed by atoms with Gasteiger partial charge in [0.2, 0.25) is 5.88 Å². The highest BCUT2D eigenvalue weighted by Crippen LogP contribution is 2.28. The number of nitro benzene ring substituents is 1. The molecular weight excluding hydrogens is 336 g/mol. The van der Waals surface area contributed by atoms with Crippen molar-refractivity contribution in [3.8, 4) is 5.88 Å². The summed E-state index contributed by atoms with van der Waals surface area (Å²) in [5.74, 6) is 0.207. The van der Waals surface area contributed by atoms with E-state index in [2.05, 4.69) is 15.6 Å². The van der Waals surface area contributed by atoms with Crippen LogP contribution >= 0.6 is 0 Å². The second kappa shape index (κ2) is 7.81. The zero-order chi connectivity index (χ0) is 18.5. The van der Waals surface area contributed by atoms with E-state index in [-0.39, 0.29) is 23.2 Å². The average Bonchev–Trinajstić information content (AvgIpc) is 3.45. The van der Waals surface area contributed by atoms with Gasteiger partial charge in [-0.15, -0.1) is 0 Å². The number of aromatic nitrogens is 1. The topological polar surface area (TPSA) is 106 Å². The molecule has 0 atom stereocenters. The molecule has 1 saturated carbocycles. The third-order valence-electron chi connectivity index (χ3n) is 3.97. The first-order valence-electron chi connectivity index (χ1n) is 8.48. The van der Waals surface area contributed by atoms with E-state index in [1.165, 1.54) is 6.07 Å². The average molecular weight is 356 g/mol. The van der Waals surface area contributed by atoms with Crippen LogP contribution in [0.3, 0.4) is 0 Å². The van der Waals surface area contributed by atoms with E-state index >= 15 is 0 Å². The fraction of sp³-hybridized carbons (Fsp3) is 0.333. The van der Waals surface area contributed by atoms with Crippen LogP contribution in [0.5, 0.6) is 5.88 Å². The van der Waals surface area contributed by atoms with Gasteiger partial charge in [-0.1, -0.05) is 6.07 Å². The van der Waals surface area contributed by atoms with E-state index in [1.54, 1.807) is 24.4 Å². The minimum Gasteiger partial charge on any atom is -0.478 e. The van der Waals surface area contributed by atoms with E-state index in [1.807, 2.05) is 13.0 Å². The molecule has 136 valence electrons. The van der Waals surface area contributed by atoms with Gasteiger partial charge >= 0.3 is 0 Å². The molecule has 0 bridgehead atoms. The number of amides is 1. The molecule has 26 heavy (non-hydrogen) atoms. The van der Waals surface area contributed by atoms with Crippen molar-refractivity contribution >= 4 is 17.3 Å². The van der Waals surface area contributed by atoms with Crippen LogP contribution in [-0.4, -0.2) is 28.5 Å². The number of rotatable bonds is 8. The maximum absolute atomic E-state index is 12.1. The highest BCUT2D eigenvalue weighted by Gasteiger charge is 2.25. The Labute approximate surface area is 150 Å². The SMILES string of the molecule is CCOc1ncccc1CNc1ccc(C(=O)NC2CC2)cc1[N+](=O)[O-]. The summed E-state index contributed by atoms with van der Waals surface area (Å²) in [5.41, 5.74) is 1.27. The van der Waals surface area contributed by atoms with Crippen LogP contribution in [0.1, 0.15) is 35.7 Å². The molecule has 0 saturated heterocycles. The number of nitrogens with one attached hydrogen (secondary N) is 2. The van der Waals surface area contributed by atoms with Crippen LogP contribution in [-0.2, 0) is 6.54 Å². The molecule has 1 aromatic heterocycles. The summed E-state index contributed by atoms with van der Waals surface area (Å²) < 4.78 is 5.46. The molecule has 1 amide bonds. The van der Waals surface area contributed by atoms with Crippen molar-refractivity contribution < 1.29 is 14.5 Å². The number of benzene rings is 1. The standard InChI is InChI=1S/C18H20N4O4/c1-2-26-18-13(4-3-9-19-18)11-20-15-8-5-12(10-16(15)22(24)25)17(23)21-14-6-7-14/h3-5,8-10,14,20H,2,6-7,11H2,1H3,(H,21,23). The Bertz CT molecular complexity index is 821. The number of carbonyl (C=O) groups excluding carboxylic acids is 1. The second-order valence-electron chi connectivity index (χ2n) is 5.99. The predicted octanol–water partition coefficient (Wildman–Crippen LogP) is 2.89. The minimum atomic E-state index is -0.497. The fourth-order valence-corrected chi connectivity index (χ4v) is 2.49. The van der Waals surface area contributed by atoms with Gasteiger partial charge < -0.3 is 15.4 Å². The summed E-state index contributed by atoms with van der Waals surface area (Å²) in [6.45, 7) is 2.66. The smallest absolute Gasteiger partial charge is 0.293 e. The van der Waals surface area contributed by atoms with Crippen molar-refractivity contribution in [2.24, 2.45) is 0 Å². The Kier molecular flexibility index (Phi) is 5.31. The van der Waals surface area contributed by atoms with E-state index < -0.39 is 4.92 Å². The number of pyridine rings is 1. The number of anilines is 1. The zero-order valence-electron chi connectivity index (χ0n) is 14.4. The third-order valence-corrected chi connectivity index (χ3v) is 3.97. The lowest BCUT2D eigenvalue weighted by Crippen LogP contribution is -2.25. The number of hydrogen-bond donors (Lipinski definition) is 2. The largest absolute Gasteiger partial charge is 0.478 e. The van der Waals surface area contributed by atoms with Crippen molar-refractivity contribution in [2.45, 2.75) is 32.4 Å². The lowest BCUT2D eigenvalue weighted by molar-refractivity contribution is -0.384. The van der Waals surface area contributed by atoms with Crippen LogP contribution in [0.25, 0.3) is 0 Å². The summed E-state index contributed by atoms with van der Waals surface area (Å²) in [5, 5.41) is 17.3. The molecule has 2 aromatic rings. The molecule has 3 rings (SSSR count). The molecule has 0 aliphatic heterocycles. The molecule has 1 aliphatic carbocycles. The van der Waals surface area contributed by atoms with Gasteiger partial charge in [0.05, 0.1) is 11.5 Å². The zero-order valence-corrected chi connectivity index (χ0v) is 14.4. The fourth-order valence-electron chi connectivity index (χ4n) is 2.49. The van der Waals surface area contributed by atoms with E-state index in [0.29, 0.717) is 24.7 Å². The molecule has 0 unspecified atom stereocenters. The van der Waals surface area contributed by atoms with Crippen molar-refractivity contribution in [3.05, 3.63) is 57.8 Å². The van der Waals surface area contributed by atoms with E-state index in [9.17, 15) is 14.9 Å². The highest BCUT2D eigenvalue weighted by molar-refractivity contribution is 5.96. The molecule has 2 N–H and O–H groups in total. The first-order valence-corrected chi connectivity index (χ1v) is 8.48. The van der Waals surface area contributed by atoms with Crippen LogP contribution in [0.15, 0.2) is 36.5 Å². The van der Waals surface area contributed by atoms with Gasteiger partial charge in [0.1, 0.15) is 5.69 Å². The summed E-state index contributed by atoms with van der Waals surface area (Å²) in [6, 6.07) is 8.25. The van der Waals surface area contributed by atoms with Crippen molar-refractivity contribution in [3.63, 3.8) is 0 Å². The van der Waals surface area contributed by atoms with Crippen LogP contribution < -0.4 is 15.4 Å². The van der Waals surface area contributed by atoms with Gasteiger partial charge in [-0.05, 0) is 38.0 Å². The predicted molar refractivity (Wildman–Crippen MR) is 96.3 cm³/mol.